The van der Waals surface area contributed by atoms with Gasteiger partial charge in [0.2, 0.25) is 10.0 Å². The van der Waals surface area contributed by atoms with E-state index in [9.17, 15) is 18.0 Å². The maximum Gasteiger partial charge on any atom is 0.335 e. The Morgan fingerprint density at radius 3 is 2.43 bits per heavy atom. The number of carboxylic acids is 1. The zero-order valence-corrected chi connectivity index (χ0v) is 12.8. The number of carboxylic acid groups (broad SMARTS) is 1. The van der Waals surface area contributed by atoms with Crippen molar-refractivity contribution in [3.8, 4) is 0 Å². The molecule has 0 spiro atoms. The SMILES string of the molecule is CCc1ccc(C(=O)O)cc1S(=O)(=O)N(C)CC(=O)OC. The summed E-state index contributed by atoms with van der Waals surface area (Å²) < 4.78 is 30.2. The molecular formula is C13H17NO6S. The Kier molecular flexibility index (Phi) is 5.45. The van der Waals surface area contributed by atoms with Gasteiger partial charge in [-0.25, -0.2) is 13.2 Å². The van der Waals surface area contributed by atoms with Crippen molar-refractivity contribution in [3.05, 3.63) is 29.3 Å². The van der Waals surface area contributed by atoms with Crippen LogP contribution in [0.15, 0.2) is 23.1 Å². The molecule has 0 saturated carbocycles. The van der Waals surface area contributed by atoms with E-state index in [1.807, 2.05) is 0 Å². The summed E-state index contributed by atoms with van der Waals surface area (Å²) in [7, 11) is -1.58. The molecule has 0 amide bonds. The highest BCUT2D eigenvalue weighted by atomic mass is 32.2. The fraction of sp³-hybridized carbons (Fsp3) is 0.385. The molecule has 0 aliphatic heterocycles. The van der Waals surface area contributed by atoms with E-state index < -0.39 is 28.5 Å². The van der Waals surface area contributed by atoms with Crippen molar-refractivity contribution in [1.29, 1.82) is 0 Å². The van der Waals surface area contributed by atoms with Gasteiger partial charge >= 0.3 is 11.9 Å². The number of benzene rings is 1. The third-order valence-corrected chi connectivity index (χ3v) is 4.85. The number of carbonyl (C=O) groups is 2. The lowest BCUT2D eigenvalue weighted by Crippen LogP contribution is -2.33. The molecule has 0 aliphatic rings. The van der Waals surface area contributed by atoms with Crippen LogP contribution in [0.25, 0.3) is 0 Å². The topological polar surface area (TPSA) is 101 Å². The molecule has 116 valence electrons. The van der Waals surface area contributed by atoms with Gasteiger partial charge in [-0.05, 0) is 24.1 Å². The zero-order chi connectivity index (χ0) is 16.2. The van der Waals surface area contributed by atoms with E-state index in [-0.39, 0.29) is 10.5 Å². The highest BCUT2D eigenvalue weighted by Gasteiger charge is 2.26. The summed E-state index contributed by atoms with van der Waals surface area (Å²) in [6, 6.07) is 3.91. The molecule has 0 aliphatic carbocycles. The van der Waals surface area contributed by atoms with Gasteiger partial charge in [0.1, 0.15) is 6.54 Å². The van der Waals surface area contributed by atoms with Crippen LogP contribution in [0.5, 0.6) is 0 Å². The van der Waals surface area contributed by atoms with E-state index in [2.05, 4.69) is 4.74 Å². The van der Waals surface area contributed by atoms with E-state index >= 15 is 0 Å². The van der Waals surface area contributed by atoms with Crippen LogP contribution in [0.2, 0.25) is 0 Å². The van der Waals surface area contributed by atoms with Crippen LogP contribution >= 0.6 is 0 Å². The van der Waals surface area contributed by atoms with Crippen LogP contribution in [0.1, 0.15) is 22.8 Å². The van der Waals surface area contributed by atoms with Gasteiger partial charge < -0.3 is 9.84 Å². The summed E-state index contributed by atoms with van der Waals surface area (Å²) in [5.74, 6) is -1.92. The number of likely N-dealkylation sites (N-methyl/N-ethyl adjacent to an activating group) is 1. The monoisotopic (exact) mass is 315 g/mol. The van der Waals surface area contributed by atoms with Gasteiger partial charge in [0.15, 0.2) is 0 Å². The molecule has 0 fully saturated rings. The number of sulfonamides is 1. The smallest absolute Gasteiger partial charge is 0.335 e. The minimum Gasteiger partial charge on any atom is -0.478 e. The molecule has 0 aromatic heterocycles. The first-order valence-electron chi connectivity index (χ1n) is 6.13. The Balaban J connectivity index is 3.31. The van der Waals surface area contributed by atoms with Crippen molar-refractivity contribution in [2.24, 2.45) is 0 Å². The van der Waals surface area contributed by atoms with Gasteiger partial charge in [0.05, 0.1) is 17.6 Å². The third kappa shape index (κ3) is 3.79. The average Bonchev–Trinajstić information content (AvgIpc) is 2.45. The number of rotatable bonds is 6. The van der Waals surface area contributed by atoms with Crippen molar-refractivity contribution >= 4 is 22.0 Å². The van der Waals surface area contributed by atoms with Gasteiger partial charge in [-0.3, -0.25) is 4.79 Å². The van der Waals surface area contributed by atoms with E-state index in [4.69, 9.17) is 5.11 Å². The molecule has 0 atom stereocenters. The first-order valence-corrected chi connectivity index (χ1v) is 7.57. The molecule has 0 saturated heterocycles. The normalized spacial score (nSPS) is 11.4. The quantitative estimate of drug-likeness (QED) is 0.777. The van der Waals surface area contributed by atoms with Crippen molar-refractivity contribution in [2.75, 3.05) is 20.7 Å². The minimum absolute atomic E-state index is 0.115. The Hall–Kier alpha value is -1.93. The van der Waals surface area contributed by atoms with Crippen molar-refractivity contribution in [1.82, 2.24) is 4.31 Å². The molecule has 0 heterocycles. The maximum atomic E-state index is 12.5. The van der Waals surface area contributed by atoms with Gasteiger partial charge in [-0.1, -0.05) is 13.0 Å². The molecular weight excluding hydrogens is 298 g/mol. The van der Waals surface area contributed by atoms with E-state index in [0.29, 0.717) is 12.0 Å². The van der Waals surface area contributed by atoms with Crippen LogP contribution in [0.4, 0.5) is 0 Å². The lowest BCUT2D eigenvalue weighted by Gasteiger charge is -2.18. The van der Waals surface area contributed by atoms with Gasteiger partial charge in [0.25, 0.3) is 0 Å². The van der Waals surface area contributed by atoms with Crippen molar-refractivity contribution in [3.63, 3.8) is 0 Å². The summed E-state index contributed by atoms with van der Waals surface area (Å²) in [6.07, 6.45) is 0.417. The van der Waals surface area contributed by atoms with Crippen molar-refractivity contribution in [2.45, 2.75) is 18.2 Å². The van der Waals surface area contributed by atoms with Crippen LogP contribution < -0.4 is 0 Å². The second kappa shape index (κ2) is 6.68. The third-order valence-electron chi connectivity index (χ3n) is 2.96. The van der Waals surface area contributed by atoms with Crippen LogP contribution in [0, 0.1) is 0 Å². The van der Waals surface area contributed by atoms with Crippen LogP contribution in [-0.2, 0) is 26.0 Å². The van der Waals surface area contributed by atoms with Gasteiger partial charge in [0, 0.05) is 7.05 Å². The predicted octanol–water partition coefficient (Wildman–Crippen LogP) is 0.741. The zero-order valence-electron chi connectivity index (χ0n) is 12.0. The highest BCUT2D eigenvalue weighted by Crippen LogP contribution is 2.22. The standard InChI is InChI=1S/C13H17NO6S/c1-4-9-5-6-10(13(16)17)7-11(9)21(18,19)14(2)8-12(15)20-3/h5-7H,4,8H2,1-3H3,(H,16,17). The number of carbonyl (C=O) groups excluding carboxylic acids is 1. The summed E-state index contributed by atoms with van der Waals surface area (Å²) in [5, 5.41) is 8.98. The fourth-order valence-electron chi connectivity index (χ4n) is 1.72. The lowest BCUT2D eigenvalue weighted by molar-refractivity contribution is -0.140. The Labute approximate surface area is 123 Å². The predicted molar refractivity (Wildman–Crippen MR) is 74.6 cm³/mol. The van der Waals surface area contributed by atoms with Gasteiger partial charge in [-0.15, -0.1) is 0 Å². The van der Waals surface area contributed by atoms with Gasteiger partial charge in [-0.2, -0.15) is 4.31 Å². The Bertz CT molecular complexity index is 653. The Morgan fingerprint density at radius 2 is 1.95 bits per heavy atom. The molecule has 1 aromatic carbocycles. The molecule has 8 heteroatoms. The number of aromatic carboxylic acids is 1. The first kappa shape index (κ1) is 17.1. The summed E-state index contributed by atoms with van der Waals surface area (Å²) in [5.41, 5.74) is 0.356. The molecule has 0 unspecified atom stereocenters. The average molecular weight is 315 g/mol. The second-order valence-corrected chi connectivity index (χ2v) is 6.33. The van der Waals surface area contributed by atoms with Crippen LogP contribution in [0.3, 0.4) is 0 Å². The molecule has 1 aromatic rings. The van der Waals surface area contributed by atoms with Crippen molar-refractivity contribution < 1.29 is 27.9 Å². The minimum atomic E-state index is -3.97. The number of ether oxygens (including phenoxy) is 1. The number of hydrogen-bond donors (Lipinski definition) is 1. The van der Waals surface area contributed by atoms with Crippen LogP contribution in [-0.4, -0.2) is 50.5 Å². The number of aryl methyl sites for hydroxylation is 1. The Morgan fingerprint density at radius 1 is 1.33 bits per heavy atom. The lowest BCUT2D eigenvalue weighted by atomic mass is 10.1. The second-order valence-electron chi connectivity index (χ2n) is 4.32. The molecule has 7 nitrogen and oxygen atoms in total. The summed E-state index contributed by atoms with van der Waals surface area (Å²) in [6.45, 7) is 1.31. The molecule has 1 rings (SSSR count). The number of esters is 1. The van der Waals surface area contributed by atoms with E-state index in [0.717, 1.165) is 17.5 Å². The van der Waals surface area contributed by atoms with E-state index in [1.165, 1.54) is 19.2 Å². The largest absolute Gasteiger partial charge is 0.478 e. The highest BCUT2D eigenvalue weighted by molar-refractivity contribution is 7.89. The molecule has 0 bridgehead atoms. The molecule has 1 N–H and O–H groups in total. The summed E-state index contributed by atoms with van der Waals surface area (Å²) in [4.78, 5) is 22.1. The molecule has 0 radical (unpaired) electrons. The summed E-state index contributed by atoms with van der Waals surface area (Å²) >= 11 is 0. The maximum absolute atomic E-state index is 12.5. The van der Waals surface area contributed by atoms with E-state index in [1.54, 1.807) is 6.92 Å². The number of methoxy groups -OCH3 is 1. The number of hydrogen-bond acceptors (Lipinski definition) is 5. The number of nitrogens with zero attached hydrogens (tertiary/aromatic N) is 1. The fourth-order valence-corrected chi connectivity index (χ4v) is 3.15. The molecule has 21 heavy (non-hydrogen) atoms. The first-order chi connectivity index (χ1) is 9.73.